The second-order valence-electron chi connectivity index (χ2n) is 9.04. The molecule has 0 saturated carbocycles. The van der Waals surface area contributed by atoms with Crippen LogP contribution in [0.15, 0.2) is 45.2 Å². The van der Waals surface area contributed by atoms with E-state index in [1.807, 2.05) is 0 Å². The largest absolute Gasteiger partial charge is 0.477 e. The van der Waals surface area contributed by atoms with Gasteiger partial charge >= 0.3 is 5.97 Å². The molecule has 2 atom stereocenters. The molecule has 37 heavy (non-hydrogen) atoms. The van der Waals surface area contributed by atoms with E-state index in [9.17, 15) is 19.5 Å². The molecule has 2 unspecified atom stereocenters. The number of hydrogen-bond donors (Lipinski definition) is 3. The number of anilines is 1. The quantitative estimate of drug-likeness (QED) is 0.240. The fourth-order valence-corrected chi connectivity index (χ4v) is 6.91. The number of rotatable bonds is 9. The number of oxime groups is 1. The van der Waals surface area contributed by atoms with Crippen molar-refractivity contribution in [1.82, 2.24) is 20.1 Å². The van der Waals surface area contributed by atoms with Gasteiger partial charge in [0.05, 0.1) is 5.69 Å². The summed E-state index contributed by atoms with van der Waals surface area (Å²) in [5, 5.41) is 18.3. The summed E-state index contributed by atoms with van der Waals surface area (Å²) < 4.78 is 0. The first kappa shape index (κ1) is 25.3. The van der Waals surface area contributed by atoms with Crippen molar-refractivity contribution in [3.63, 3.8) is 0 Å². The van der Waals surface area contributed by atoms with Crippen LogP contribution in [0.1, 0.15) is 31.9 Å². The molecule has 1 saturated heterocycles. The first-order valence-corrected chi connectivity index (χ1v) is 14.0. The predicted molar refractivity (Wildman–Crippen MR) is 141 cm³/mol. The number of nitrogens with two attached hydrogens (primary N) is 1. The average Bonchev–Trinajstić information content (AvgIpc) is 3.53. The minimum Gasteiger partial charge on any atom is -0.477 e. The van der Waals surface area contributed by atoms with E-state index in [0.29, 0.717) is 28.7 Å². The molecule has 4 aliphatic rings. The minimum absolute atomic E-state index is 0.0232. The number of nitrogens with zero attached hydrogens (tertiary/aromatic N) is 4. The van der Waals surface area contributed by atoms with Gasteiger partial charge in [-0.2, -0.15) is 0 Å². The number of nitrogens with one attached hydrogen (secondary N) is 1. The number of fused-ring (bicyclic) bond motifs is 1. The molecule has 1 aromatic rings. The Hall–Kier alpha value is -3.32. The van der Waals surface area contributed by atoms with Crippen LogP contribution in [0.4, 0.5) is 5.13 Å². The monoisotopic (exact) mass is 544 g/mol. The van der Waals surface area contributed by atoms with E-state index in [4.69, 9.17) is 10.6 Å². The van der Waals surface area contributed by atoms with E-state index in [-0.39, 0.29) is 24.4 Å². The Labute approximate surface area is 222 Å². The zero-order valence-electron chi connectivity index (χ0n) is 20.3. The Bertz CT molecular complexity index is 1250. The molecule has 4 heterocycles. The van der Waals surface area contributed by atoms with Gasteiger partial charge in [0.25, 0.3) is 11.8 Å². The van der Waals surface area contributed by atoms with E-state index in [1.165, 1.54) is 39.3 Å². The number of allylic oxidation sites excluding steroid dienone is 3. The number of thioether (sulfide) groups is 1. The average molecular weight is 545 g/mol. The van der Waals surface area contributed by atoms with Crippen LogP contribution in [0.5, 0.6) is 0 Å². The van der Waals surface area contributed by atoms with Gasteiger partial charge in [0, 0.05) is 36.3 Å². The number of aromatic nitrogens is 1. The third-order valence-electron chi connectivity index (χ3n) is 6.66. The standard InChI is InChI=1S/C24H28N6O5S2/c1-2-35-28-16(9-15-12-37-24(25)26-15)20(31)27-18-21(32)30-19(23(33)34)14(11-36-22(18)30)10-29-8-4-6-13-5-3-7-17(13)29/h4,6,12,18,22H,2-3,5,7-11H2,1H3,(H2,25,26)(H,27,31)(H,33,34). The van der Waals surface area contributed by atoms with Crippen molar-refractivity contribution >= 4 is 51.7 Å². The molecule has 0 radical (unpaired) electrons. The molecule has 0 spiro atoms. The summed E-state index contributed by atoms with van der Waals surface area (Å²) in [5.74, 6) is -1.69. The summed E-state index contributed by atoms with van der Waals surface area (Å²) in [4.78, 5) is 51.2. The molecule has 0 aromatic carbocycles. The van der Waals surface area contributed by atoms with Crippen LogP contribution in [0, 0.1) is 0 Å². The van der Waals surface area contributed by atoms with Crippen molar-refractivity contribution in [1.29, 1.82) is 0 Å². The molecule has 0 bridgehead atoms. The summed E-state index contributed by atoms with van der Waals surface area (Å²) >= 11 is 2.71. The molecule has 1 aliphatic carbocycles. The van der Waals surface area contributed by atoms with E-state index in [0.717, 1.165) is 25.8 Å². The molecule has 2 amide bonds. The molecule has 4 N–H and O–H groups in total. The number of aliphatic carboxylic acids is 1. The smallest absolute Gasteiger partial charge is 0.352 e. The van der Waals surface area contributed by atoms with Crippen LogP contribution < -0.4 is 11.1 Å². The summed E-state index contributed by atoms with van der Waals surface area (Å²) in [5.41, 5.74) is 9.64. The Kier molecular flexibility index (Phi) is 7.24. The number of hydrogen-bond acceptors (Lipinski definition) is 10. The highest BCUT2D eigenvalue weighted by Crippen LogP contribution is 2.41. The molecule has 5 rings (SSSR count). The normalized spacial score (nSPS) is 23.2. The van der Waals surface area contributed by atoms with E-state index < -0.39 is 29.2 Å². The SMILES string of the molecule is CCON=C(Cc1csc(N)n1)C(=O)NC1C(=O)N2C(C(=O)O)=C(CN3CC=CC4=C3CCC4)CSC12. The molecule has 3 aliphatic heterocycles. The lowest BCUT2D eigenvalue weighted by Crippen LogP contribution is -2.71. The maximum atomic E-state index is 13.1. The maximum absolute atomic E-state index is 13.1. The van der Waals surface area contributed by atoms with Gasteiger partial charge in [0.1, 0.15) is 23.7 Å². The lowest BCUT2D eigenvalue weighted by molar-refractivity contribution is -0.150. The summed E-state index contributed by atoms with van der Waals surface area (Å²) in [6, 6.07) is -0.859. The lowest BCUT2D eigenvalue weighted by Gasteiger charge is -2.49. The molecule has 13 heteroatoms. The zero-order chi connectivity index (χ0) is 26.1. The fraction of sp³-hybridized carbons (Fsp3) is 0.458. The molecule has 196 valence electrons. The topological polar surface area (TPSA) is 150 Å². The summed E-state index contributed by atoms with van der Waals surface area (Å²) in [7, 11) is 0. The third kappa shape index (κ3) is 4.97. The van der Waals surface area contributed by atoms with E-state index >= 15 is 0 Å². The van der Waals surface area contributed by atoms with E-state index in [1.54, 1.807) is 12.3 Å². The number of β-lactam (4-membered cyclic amide) rings is 1. The predicted octanol–water partition coefficient (Wildman–Crippen LogP) is 1.71. The molecule has 11 nitrogen and oxygen atoms in total. The zero-order valence-corrected chi connectivity index (χ0v) is 21.9. The van der Waals surface area contributed by atoms with Gasteiger partial charge in [-0.3, -0.25) is 14.5 Å². The number of carbonyl (C=O) groups excluding carboxylic acids is 2. The number of amides is 2. The summed E-state index contributed by atoms with van der Waals surface area (Å²) in [6.45, 7) is 3.20. The van der Waals surface area contributed by atoms with Gasteiger partial charge in [-0.1, -0.05) is 17.3 Å². The third-order valence-corrected chi connectivity index (χ3v) is 8.72. The number of nitrogen functional groups attached to an aromatic ring is 1. The Morgan fingerprint density at radius 1 is 1.38 bits per heavy atom. The van der Waals surface area contributed by atoms with Crippen LogP contribution in [0.25, 0.3) is 0 Å². The van der Waals surface area contributed by atoms with Gasteiger partial charge < -0.3 is 25.9 Å². The van der Waals surface area contributed by atoms with Crippen molar-refractivity contribution in [3.8, 4) is 0 Å². The maximum Gasteiger partial charge on any atom is 0.352 e. The Balaban J connectivity index is 1.30. The van der Waals surface area contributed by atoms with E-state index in [2.05, 4.69) is 32.5 Å². The second-order valence-corrected chi connectivity index (χ2v) is 11.0. The number of thiazole rings is 1. The van der Waals surface area contributed by atoms with Crippen molar-refractivity contribution in [3.05, 3.63) is 45.8 Å². The Morgan fingerprint density at radius 2 is 2.22 bits per heavy atom. The van der Waals surface area contributed by atoms with Crippen LogP contribution >= 0.6 is 23.1 Å². The fourth-order valence-electron chi connectivity index (χ4n) is 5.02. The molecule has 1 aromatic heterocycles. The molecular weight excluding hydrogens is 516 g/mol. The van der Waals surface area contributed by atoms with Crippen LogP contribution in [-0.4, -0.2) is 80.3 Å². The second kappa shape index (κ2) is 10.6. The lowest BCUT2D eigenvalue weighted by atomic mass is 10.0. The minimum atomic E-state index is -1.13. The first-order chi connectivity index (χ1) is 17.9. The van der Waals surface area contributed by atoms with Crippen LogP contribution in [-0.2, 0) is 25.6 Å². The van der Waals surface area contributed by atoms with Crippen molar-refractivity contribution < 1.29 is 24.3 Å². The first-order valence-electron chi connectivity index (χ1n) is 12.1. The van der Waals surface area contributed by atoms with Crippen molar-refractivity contribution in [2.45, 2.75) is 44.0 Å². The van der Waals surface area contributed by atoms with Gasteiger partial charge in [0.2, 0.25) is 0 Å². The molecular formula is C24H28N6O5S2. The van der Waals surface area contributed by atoms with Crippen LogP contribution in [0.3, 0.4) is 0 Å². The van der Waals surface area contributed by atoms with Crippen molar-refractivity contribution in [2.75, 3.05) is 31.2 Å². The highest BCUT2D eigenvalue weighted by molar-refractivity contribution is 8.00. The number of carbonyl (C=O) groups is 3. The number of carboxylic acids is 1. The van der Waals surface area contributed by atoms with Gasteiger partial charge in [-0.15, -0.1) is 23.1 Å². The van der Waals surface area contributed by atoms with Gasteiger partial charge in [-0.05, 0) is 37.3 Å². The van der Waals surface area contributed by atoms with Crippen molar-refractivity contribution in [2.24, 2.45) is 5.16 Å². The Morgan fingerprint density at radius 3 is 2.95 bits per heavy atom. The number of carboxylic acid groups (broad SMARTS) is 1. The highest BCUT2D eigenvalue weighted by atomic mass is 32.2. The van der Waals surface area contributed by atoms with Crippen LogP contribution in [0.2, 0.25) is 0 Å². The summed E-state index contributed by atoms with van der Waals surface area (Å²) in [6.07, 6.45) is 7.49. The van der Waals surface area contributed by atoms with Gasteiger partial charge in [-0.25, -0.2) is 9.78 Å². The molecule has 1 fully saturated rings. The highest BCUT2D eigenvalue weighted by Gasteiger charge is 2.54. The van der Waals surface area contributed by atoms with Gasteiger partial charge in [0.15, 0.2) is 10.8 Å².